The minimum absolute atomic E-state index is 0.283. The maximum absolute atomic E-state index is 11.0. The number of aromatic amines is 1. The van der Waals surface area contributed by atoms with E-state index in [0.29, 0.717) is 5.69 Å². The number of nitrogens with one attached hydrogen (secondary N) is 2. The third kappa shape index (κ3) is 3.90. The second kappa shape index (κ2) is 4.75. The topological polar surface area (TPSA) is 99.3 Å². The Morgan fingerprint density at radius 3 is 2.60 bits per heavy atom. The van der Waals surface area contributed by atoms with Gasteiger partial charge in [-0.15, -0.1) is 0 Å². The first-order valence-electron chi connectivity index (χ1n) is 3.98. The highest BCUT2D eigenvalue weighted by Crippen LogP contribution is 2.00. The molecular weight excluding hydrogens is 200 g/mol. The molecule has 0 radical (unpaired) electrons. The summed E-state index contributed by atoms with van der Waals surface area (Å²) in [7, 11) is 0. The number of carbonyl (C=O) groups excluding carboxylic acids is 1. The van der Waals surface area contributed by atoms with Gasteiger partial charge in [0, 0.05) is 24.4 Å². The lowest BCUT2D eigenvalue weighted by molar-refractivity contribution is -0.131. The molecule has 6 heteroatoms. The molecule has 0 bridgehead atoms. The van der Waals surface area contributed by atoms with E-state index in [0.717, 1.165) is 12.2 Å². The fourth-order valence-corrected chi connectivity index (χ4v) is 0.819. The predicted molar refractivity (Wildman–Crippen MR) is 52.5 cm³/mol. The Labute approximate surface area is 84.2 Å². The zero-order valence-corrected chi connectivity index (χ0v) is 7.56. The van der Waals surface area contributed by atoms with Crippen molar-refractivity contribution < 1.29 is 14.7 Å². The molecule has 1 rings (SSSR count). The van der Waals surface area contributed by atoms with Gasteiger partial charge in [0.2, 0.25) is 11.5 Å². The van der Waals surface area contributed by atoms with Crippen LogP contribution < -0.4 is 10.9 Å². The van der Waals surface area contributed by atoms with Crippen LogP contribution in [0.3, 0.4) is 0 Å². The fourth-order valence-electron chi connectivity index (χ4n) is 0.819. The van der Waals surface area contributed by atoms with Crippen molar-refractivity contribution in [2.24, 2.45) is 0 Å². The monoisotopic (exact) mass is 208 g/mol. The van der Waals surface area contributed by atoms with E-state index in [2.05, 4.69) is 10.3 Å². The number of carboxylic acids is 1. The lowest BCUT2D eigenvalue weighted by Crippen LogP contribution is -2.11. The molecule has 0 atom stereocenters. The van der Waals surface area contributed by atoms with E-state index >= 15 is 0 Å². The molecule has 0 unspecified atom stereocenters. The summed E-state index contributed by atoms with van der Waals surface area (Å²) in [6, 6.07) is 2.65. The van der Waals surface area contributed by atoms with E-state index in [1.165, 1.54) is 18.3 Å². The van der Waals surface area contributed by atoms with Crippen LogP contribution in [0.4, 0.5) is 5.69 Å². The van der Waals surface area contributed by atoms with Crippen molar-refractivity contribution in [1.29, 1.82) is 0 Å². The lowest BCUT2D eigenvalue weighted by Gasteiger charge is -1.99. The molecule has 0 saturated heterocycles. The van der Waals surface area contributed by atoms with Crippen LogP contribution in [0.2, 0.25) is 0 Å². The van der Waals surface area contributed by atoms with Crippen LogP contribution in [0.25, 0.3) is 0 Å². The highest BCUT2D eigenvalue weighted by Gasteiger charge is 1.98. The van der Waals surface area contributed by atoms with E-state index in [-0.39, 0.29) is 5.56 Å². The normalized spacial score (nSPS) is 10.1. The molecule has 3 N–H and O–H groups in total. The smallest absolute Gasteiger partial charge is 0.328 e. The zero-order valence-electron chi connectivity index (χ0n) is 7.56. The molecule has 0 aliphatic heterocycles. The second-order valence-corrected chi connectivity index (χ2v) is 2.60. The summed E-state index contributed by atoms with van der Waals surface area (Å²) in [6.07, 6.45) is 2.92. The third-order valence-corrected chi connectivity index (χ3v) is 1.43. The van der Waals surface area contributed by atoms with Crippen molar-refractivity contribution in [3.63, 3.8) is 0 Å². The summed E-state index contributed by atoms with van der Waals surface area (Å²) >= 11 is 0. The van der Waals surface area contributed by atoms with Gasteiger partial charge in [-0.2, -0.15) is 0 Å². The van der Waals surface area contributed by atoms with Crippen molar-refractivity contribution in [3.05, 3.63) is 40.8 Å². The van der Waals surface area contributed by atoms with Crippen molar-refractivity contribution >= 4 is 17.6 Å². The van der Waals surface area contributed by atoms with Gasteiger partial charge in [0.25, 0.3) is 0 Å². The number of carboxylic acid groups (broad SMARTS) is 1. The van der Waals surface area contributed by atoms with Crippen LogP contribution in [0, 0.1) is 0 Å². The molecule has 1 heterocycles. The number of carbonyl (C=O) groups is 2. The van der Waals surface area contributed by atoms with Crippen LogP contribution in [0.15, 0.2) is 35.3 Å². The number of rotatable bonds is 3. The largest absolute Gasteiger partial charge is 0.478 e. The summed E-state index contributed by atoms with van der Waals surface area (Å²) in [5.41, 5.74) is 0.101. The van der Waals surface area contributed by atoms with Crippen molar-refractivity contribution in [2.45, 2.75) is 0 Å². The van der Waals surface area contributed by atoms with Crippen molar-refractivity contribution in [3.8, 4) is 0 Å². The molecule has 6 nitrogen and oxygen atoms in total. The van der Waals surface area contributed by atoms with Crippen molar-refractivity contribution in [1.82, 2.24) is 4.98 Å². The number of pyridine rings is 1. The minimum Gasteiger partial charge on any atom is -0.478 e. The van der Waals surface area contributed by atoms with Crippen LogP contribution in [0.1, 0.15) is 0 Å². The summed E-state index contributed by atoms with van der Waals surface area (Å²) in [4.78, 5) is 34.2. The van der Waals surface area contributed by atoms with Crippen LogP contribution in [-0.2, 0) is 9.59 Å². The van der Waals surface area contributed by atoms with Gasteiger partial charge in [-0.25, -0.2) is 4.79 Å². The molecule has 1 aromatic rings. The summed E-state index contributed by atoms with van der Waals surface area (Å²) < 4.78 is 0. The number of aromatic nitrogens is 1. The van der Waals surface area contributed by atoms with E-state index in [1.54, 1.807) is 0 Å². The predicted octanol–water partition coefficient (Wildman–Crippen LogP) is -0.0458. The molecule has 0 saturated carbocycles. The first kappa shape index (κ1) is 10.7. The first-order valence-corrected chi connectivity index (χ1v) is 3.98. The Balaban J connectivity index is 2.63. The fraction of sp³-hybridized carbons (Fsp3) is 0. The third-order valence-electron chi connectivity index (χ3n) is 1.43. The van der Waals surface area contributed by atoms with E-state index in [1.807, 2.05) is 0 Å². The molecule has 78 valence electrons. The number of hydrogen-bond acceptors (Lipinski definition) is 3. The number of hydrogen-bond donors (Lipinski definition) is 3. The molecule has 1 amide bonds. The highest BCUT2D eigenvalue weighted by atomic mass is 16.4. The Kier molecular flexibility index (Phi) is 3.39. The molecule has 0 aromatic carbocycles. The van der Waals surface area contributed by atoms with Gasteiger partial charge in [0.15, 0.2) is 0 Å². The standard InChI is InChI=1S/C9H8N2O4/c12-7-2-1-6(5-10-7)11-8(13)3-4-9(14)15/h1-5H,(H,10,12)(H,11,13)(H,14,15)/b4-3+. The molecule has 15 heavy (non-hydrogen) atoms. The quantitative estimate of drug-likeness (QED) is 0.606. The first-order chi connectivity index (χ1) is 7.08. The summed E-state index contributed by atoms with van der Waals surface area (Å²) in [6.45, 7) is 0. The van der Waals surface area contributed by atoms with Gasteiger partial charge >= 0.3 is 5.97 Å². The van der Waals surface area contributed by atoms with Crippen LogP contribution >= 0.6 is 0 Å². The summed E-state index contributed by atoms with van der Waals surface area (Å²) in [5.74, 6) is -1.78. The Bertz CT molecular complexity index is 441. The summed E-state index contributed by atoms with van der Waals surface area (Å²) in [5, 5.41) is 10.6. The molecule has 0 fully saturated rings. The number of amides is 1. The number of H-pyrrole nitrogens is 1. The van der Waals surface area contributed by atoms with Gasteiger partial charge in [-0.1, -0.05) is 0 Å². The number of aliphatic carboxylic acids is 1. The van der Waals surface area contributed by atoms with Gasteiger partial charge in [0.1, 0.15) is 0 Å². The zero-order chi connectivity index (χ0) is 11.3. The van der Waals surface area contributed by atoms with Crippen molar-refractivity contribution in [2.75, 3.05) is 5.32 Å². The second-order valence-electron chi connectivity index (χ2n) is 2.60. The van der Waals surface area contributed by atoms with E-state index in [9.17, 15) is 14.4 Å². The average Bonchev–Trinajstić information content (AvgIpc) is 2.19. The number of anilines is 1. The Hall–Kier alpha value is -2.37. The van der Waals surface area contributed by atoms with Crippen LogP contribution in [0.5, 0.6) is 0 Å². The van der Waals surface area contributed by atoms with Gasteiger partial charge in [-0.3, -0.25) is 9.59 Å². The highest BCUT2D eigenvalue weighted by molar-refractivity contribution is 6.02. The average molecular weight is 208 g/mol. The van der Waals surface area contributed by atoms with Gasteiger partial charge in [0.05, 0.1) is 5.69 Å². The Morgan fingerprint density at radius 1 is 1.33 bits per heavy atom. The SMILES string of the molecule is O=C(O)/C=C/C(=O)Nc1ccc(=O)[nH]c1. The minimum atomic E-state index is -1.20. The molecular formula is C9H8N2O4. The molecule has 1 aromatic heterocycles. The maximum Gasteiger partial charge on any atom is 0.328 e. The van der Waals surface area contributed by atoms with E-state index in [4.69, 9.17) is 5.11 Å². The van der Waals surface area contributed by atoms with Gasteiger partial charge < -0.3 is 15.4 Å². The lowest BCUT2D eigenvalue weighted by atomic mass is 10.4. The van der Waals surface area contributed by atoms with Crippen LogP contribution in [-0.4, -0.2) is 22.0 Å². The van der Waals surface area contributed by atoms with Gasteiger partial charge in [-0.05, 0) is 6.07 Å². The molecule has 0 aliphatic rings. The molecule has 0 aliphatic carbocycles. The maximum atomic E-state index is 11.0. The molecule has 0 spiro atoms. The van der Waals surface area contributed by atoms with E-state index < -0.39 is 11.9 Å². The Morgan fingerprint density at radius 2 is 2.07 bits per heavy atom.